The van der Waals surface area contributed by atoms with Crippen LogP contribution in [0.25, 0.3) is 0 Å². The van der Waals surface area contributed by atoms with Gasteiger partial charge in [-0.05, 0) is 74.2 Å². The normalized spacial score (nSPS) is 19.0. The third kappa shape index (κ3) is 6.07. The van der Waals surface area contributed by atoms with Crippen molar-refractivity contribution in [3.8, 4) is 5.75 Å². The second kappa shape index (κ2) is 10.4. The van der Waals surface area contributed by atoms with Crippen LogP contribution in [-0.4, -0.2) is 37.2 Å². The van der Waals surface area contributed by atoms with Crippen LogP contribution in [0.2, 0.25) is 0 Å². The van der Waals surface area contributed by atoms with Crippen molar-refractivity contribution in [3.05, 3.63) is 59.7 Å². The van der Waals surface area contributed by atoms with E-state index in [-0.39, 0.29) is 24.0 Å². The molecule has 1 heterocycles. The number of hydrogen-bond acceptors (Lipinski definition) is 4. The summed E-state index contributed by atoms with van der Waals surface area (Å²) in [4.78, 5) is 24.9. The summed E-state index contributed by atoms with van der Waals surface area (Å²) in [5.74, 6) is 0.467. The number of carbonyl (C=O) groups is 2. The Kier molecular flexibility index (Phi) is 7.20. The molecule has 1 aliphatic carbocycles. The maximum absolute atomic E-state index is 12.5. The molecule has 2 fully saturated rings. The zero-order valence-corrected chi connectivity index (χ0v) is 17.8. The summed E-state index contributed by atoms with van der Waals surface area (Å²) in [7, 11) is 0. The molecular formula is C25H30N2O4. The number of rotatable bonds is 7. The van der Waals surface area contributed by atoms with Crippen LogP contribution < -0.4 is 15.4 Å². The highest BCUT2D eigenvalue weighted by molar-refractivity contribution is 6.04. The first kappa shape index (κ1) is 21.4. The summed E-state index contributed by atoms with van der Waals surface area (Å²) in [6, 6.07) is 14.4. The van der Waals surface area contributed by atoms with Crippen molar-refractivity contribution in [2.75, 3.05) is 18.5 Å². The van der Waals surface area contributed by atoms with Crippen LogP contribution >= 0.6 is 0 Å². The molecule has 0 aromatic heterocycles. The number of amides is 2. The van der Waals surface area contributed by atoms with Crippen LogP contribution in [0.4, 0.5) is 5.69 Å². The quantitative estimate of drug-likeness (QED) is 0.686. The number of ether oxygens (including phenoxy) is 2. The van der Waals surface area contributed by atoms with Gasteiger partial charge >= 0.3 is 0 Å². The van der Waals surface area contributed by atoms with Crippen LogP contribution in [0.1, 0.15) is 65.7 Å². The van der Waals surface area contributed by atoms with Gasteiger partial charge in [-0.3, -0.25) is 9.59 Å². The van der Waals surface area contributed by atoms with E-state index in [1.54, 1.807) is 48.5 Å². The van der Waals surface area contributed by atoms with Crippen LogP contribution in [0.5, 0.6) is 5.75 Å². The number of nitrogens with one attached hydrogen (secondary N) is 2. The Hall–Kier alpha value is -2.86. The molecular weight excluding hydrogens is 392 g/mol. The van der Waals surface area contributed by atoms with Crippen molar-refractivity contribution in [1.82, 2.24) is 5.32 Å². The van der Waals surface area contributed by atoms with Crippen LogP contribution in [0, 0.1) is 0 Å². The molecule has 1 atom stereocenters. The Balaban J connectivity index is 1.27. The Morgan fingerprint density at radius 3 is 2.19 bits per heavy atom. The summed E-state index contributed by atoms with van der Waals surface area (Å²) in [6.45, 7) is 1.34. The molecule has 0 bridgehead atoms. The van der Waals surface area contributed by atoms with E-state index >= 15 is 0 Å². The van der Waals surface area contributed by atoms with E-state index < -0.39 is 0 Å². The molecule has 1 aliphatic heterocycles. The number of hydrogen-bond donors (Lipinski definition) is 2. The van der Waals surface area contributed by atoms with E-state index in [0.717, 1.165) is 38.0 Å². The second-order valence-corrected chi connectivity index (χ2v) is 8.31. The predicted octanol–water partition coefficient (Wildman–Crippen LogP) is 4.56. The van der Waals surface area contributed by atoms with Gasteiger partial charge in [0, 0.05) is 29.5 Å². The summed E-state index contributed by atoms with van der Waals surface area (Å²) in [6.07, 6.45) is 7.99. The molecule has 6 heteroatoms. The minimum absolute atomic E-state index is 0.0524. The molecule has 1 saturated heterocycles. The molecule has 0 spiro atoms. The van der Waals surface area contributed by atoms with E-state index in [1.165, 1.54) is 19.3 Å². The number of benzene rings is 2. The zero-order valence-electron chi connectivity index (χ0n) is 17.8. The maximum Gasteiger partial charge on any atom is 0.255 e. The highest BCUT2D eigenvalue weighted by Gasteiger charge is 2.17. The molecule has 31 heavy (non-hydrogen) atoms. The van der Waals surface area contributed by atoms with Gasteiger partial charge in [0.15, 0.2) is 0 Å². The SMILES string of the molecule is O=C(Nc1ccc(C(=O)NC2CCCCC2)cc1)c1ccc(OCC2CCCO2)cc1. The molecule has 2 aliphatic rings. The molecule has 1 unspecified atom stereocenters. The molecule has 2 N–H and O–H groups in total. The van der Waals surface area contributed by atoms with Crippen molar-refractivity contribution in [2.45, 2.75) is 57.1 Å². The first-order valence-electron chi connectivity index (χ1n) is 11.2. The van der Waals surface area contributed by atoms with Crippen molar-refractivity contribution in [3.63, 3.8) is 0 Å². The van der Waals surface area contributed by atoms with Gasteiger partial charge < -0.3 is 20.1 Å². The Morgan fingerprint density at radius 2 is 1.52 bits per heavy atom. The molecule has 2 aromatic rings. The lowest BCUT2D eigenvalue weighted by molar-refractivity contribution is 0.0679. The smallest absolute Gasteiger partial charge is 0.255 e. The number of anilines is 1. The lowest BCUT2D eigenvalue weighted by Gasteiger charge is -2.22. The maximum atomic E-state index is 12.5. The van der Waals surface area contributed by atoms with Gasteiger partial charge in [0.1, 0.15) is 12.4 Å². The van der Waals surface area contributed by atoms with Crippen LogP contribution in [0.15, 0.2) is 48.5 Å². The van der Waals surface area contributed by atoms with E-state index in [9.17, 15) is 9.59 Å². The van der Waals surface area contributed by atoms with Crippen molar-refractivity contribution < 1.29 is 19.1 Å². The summed E-state index contributed by atoms with van der Waals surface area (Å²) in [5.41, 5.74) is 1.80. The lowest BCUT2D eigenvalue weighted by atomic mass is 9.95. The lowest BCUT2D eigenvalue weighted by Crippen LogP contribution is -2.36. The molecule has 0 radical (unpaired) electrons. The minimum Gasteiger partial charge on any atom is -0.491 e. The topological polar surface area (TPSA) is 76.7 Å². The second-order valence-electron chi connectivity index (χ2n) is 8.31. The molecule has 164 valence electrons. The van der Waals surface area contributed by atoms with Crippen LogP contribution in [-0.2, 0) is 4.74 Å². The fourth-order valence-electron chi connectivity index (χ4n) is 4.09. The number of carbonyl (C=O) groups excluding carboxylic acids is 2. The third-order valence-corrected chi connectivity index (χ3v) is 5.92. The van der Waals surface area contributed by atoms with Crippen molar-refractivity contribution >= 4 is 17.5 Å². The van der Waals surface area contributed by atoms with E-state index in [1.807, 2.05) is 0 Å². The first-order chi connectivity index (χ1) is 15.2. The molecule has 2 aromatic carbocycles. The molecule has 4 rings (SSSR count). The first-order valence-corrected chi connectivity index (χ1v) is 11.2. The molecule has 6 nitrogen and oxygen atoms in total. The third-order valence-electron chi connectivity index (χ3n) is 5.92. The Bertz CT molecular complexity index is 867. The van der Waals surface area contributed by atoms with E-state index in [0.29, 0.717) is 23.4 Å². The highest BCUT2D eigenvalue weighted by Crippen LogP contribution is 2.19. The monoisotopic (exact) mass is 422 g/mol. The molecule has 1 saturated carbocycles. The zero-order chi connectivity index (χ0) is 21.5. The average Bonchev–Trinajstić information content (AvgIpc) is 3.33. The standard InChI is InChI=1S/C25H30N2O4/c28-24(26-20-5-2-1-3-6-20)18-8-12-21(13-9-18)27-25(29)19-10-14-22(15-11-19)31-17-23-7-4-16-30-23/h8-15,20,23H,1-7,16-17H2,(H,26,28)(H,27,29). The summed E-state index contributed by atoms with van der Waals surface area (Å²) < 4.78 is 11.3. The van der Waals surface area contributed by atoms with Gasteiger partial charge in [-0.15, -0.1) is 0 Å². The van der Waals surface area contributed by atoms with Gasteiger partial charge in [-0.1, -0.05) is 19.3 Å². The summed E-state index contributed by atoms with van der Waals surface area (Å²) in [5, 5.41) is 5.98. The van der Waals surface area contributed by atoms with Crippen molar-refractivity contribution in [1.29, 1.82) is 0 Å². The minimum atomic E-state index is -0.204. The predicted molar refractivity (Wildman–Crippen MR) is 120 cm³/mol. The van der Waals surface area contributed by atoms with E-state index in [2.05, 4.69) is 10.6 Å². The Morgan fingerprint density at radius 1 is 0.839 bits per heavy atom. The fourth-order valence-corrected chi connectivity index (χ4v) is 4.09. The summed E-state index contributed by atoms with van der Waals surface area (Å²) >= 11 is 0. The van der Waals surface area contributed by atoms with Gasteiger partial charge in [-0.2, -0.15) is 0 Å². The largest absolute Gasteiger partial charge is 0.491 e. The van der Waals surface area contributed by atoms with Gasteiger partial charge in [0.2, 0.25) is 0 Å². The van der Waals surface area contributed by atoms with Crippen LogP contribution in [0.3, 0.4) is 0 Å². The van der Waals surface area contributed by atoms with E-state index in [4.69, 9.17) is 9.47 Å². The molecule has 2 amide bonds. The van der Waals surface area contributed by atoms with Gasteiger partial charge in [0.05, 0.1) is 6.10 Å². The Labute approximate surface area is 183 Å². The van der Waals surface area contributed by atoms with Gasteiger partial charge in [0.25, 0.3) is 11.8 Å². The highest BCUT2D eigenvalue weighted by atomic mass is 16.5. The van der Waals surface area contributed by atoms with Crippen molar-refractivity contribution in [2.24, 2.45) is 0 Å². The fraction of sp³-hybridized carbons (Fsp3) is 0.440. The van der Waals surface area contributed by atoms with Gasteiger partial charge in [-0.25, -0.2) is 0 Å². The average molecular weight is 423 g/mol.